The highest BCUT2D eigenvalue weighted by Crippen LogP contribution is 2.36. The summed E-state index contributed by atoms with van der Waals surface area (Å²) < 4.78 is 38.3. The summed E-state index contributed by atoms with van der Waals surface area (Å²) in [6.07, 6.45) is -4.59. The Morgan fingerprint density at radius 3 is 2.31 bits per heavy atom. The van der Waals surface area contributed by atoms with Crippen molar-refractivity contribution >= 4 is 34.7 Å². The molecule has 6 heteroatoms. The van der Waals surface area contributed by atoms with Gasteiger partial charge in [-0.1, -0.05) is 0 Å². The molecule has 0 heterocycles. The summed E-state index contributed by atoms with van der Waals surface area (Å²) in [5, 5.41) is 0. The molecule has 0 saturated carbocycles. The SMILES string of the molecule is CC(=O)c1ccc(I)c(C=O)c1C(F)(F)F. The second kappa shape index (κ2) is 4.52. The van der Waals surface area contributed by atoms with E-state index in [0.29, 0.717) is 0 Å². The minimum atomic E-state index is -4.71. The lowest BCUT2D eigenvalue weighted by atomic mass is 9.99. The zero-order chi connectivity index (χ0) is 12.5. The molecule has 0 spiro atoms. The summed E-state index contributed by atoms with van der Waals surface area (Å²) in [5.74, 6) is -0.716. The van der Waals surface area contributed by atoms with E-state index in [1.54, 1.807) is 22.6 Å². The van der Waals surface area contributed by atoms with Crippen LogP contribution in [0.4, 0.5) is 13.2 Å². The number of carbonyl (C=O) groups is 2. The van der Waals surface area contributed by atoms with Crippen molar-refractivity contribution in [3.8, 4) is 0 Å². The minimum Gasteiger partial charge on any atom is -0.298 e. The Morgan fingerprint density at radius 2 is 1.94 bits per heavy atom. The van der Waals surface area contributed by atoms with Crippen LogP contribution in [0.25, 0.3) is 0 Å². The van der Waals surface area contributed by atoms with Crippen molar-refractivity contribution in [1.82, 2.24) is 0 Å². The van der Waals surface area contributed by atoms with Crippen molar-refractivity contribution in [2.24, 2.45) is 0 Å². The van der Waals surface area contributed by atoms with Crippen LogP contribution in [0.5, 0.6) is 0 Å². The summed E-state index contributed by atoms with van der Waals surface area (Å²) in [6.45, 7) is 1.03. The zero-order valence-corrected chi connectivity index (χ0v) is 10.2. The monoisotopic (exact) mass is 342 g/mol. The summed E-state index contributed by atoms with van der Waals surface area (Å²) in [4.78, 5) is 21.7. The van der Waals surface area contributed by atoms with E-state index < -0.39 is 28.6 Å². The molecule has 0 radical (unpaired) electrons. The van der Waals surface area contributed by atoms with Crippen LogP contribution in [0, 0.1) is 3.57 Å². The Labute approximate surface area is 103 Å². The molecule has 0 amide bonds. The van der Waals surface area contributed by atoms with E-state index in [0.717, 1.165) is 13.0 Å². The standard InChI is InChI=1S/C10H6F3IO2/c1-5(16)6-2-3-8(14)7(4-15)9(6)10(11,12)13/h2-4H,1H3. The number of halogens is 4. The first kappa shape index (κ1) is 13.1. The van der Waals surface area contributed by atoms with Crippen LogP contribution < -0.4 is 0 Å². The fraction of sp³-hybridized carbons (Fsp3) is 0.200. The van der Waals surface area contributed by atoms with Gasteiger partial charge >= 0.3 is 6.18 Å². The molecular formula is C10H6F3IO2. The molecule has 1 aromatic carbocycles. The second-order valence-corrected chi connectivity index (χ2v) is 4.22. The third-order valence-corrected chi connectivity index (χ3v) is 2.91. The van der Waals surface area contributed by atoms with E-state index in [1.807, 2.05) is 0 Å². The van der Waals surface area contributed by atoms with Gasteiger partial charge in [-0.05, 0) is 41.6 Å². The van der Waals surface area contributed by atoms with Gasteiger partial charge in [-0.15, -0.1) is 0 Å². The second-order valence-electron chi connectivity index (χ2n) is 3.06. The largest absolute Gasteiger partial charge is 0.417 e. The number of carbonyl (C=O) groups excluding carboxylic acids is 2. The summed E-state index contributed by atoms with van der Waals surface area (Å²) in [5.41, 5.74) is -2.11. The van der Waals surface area contributed by atoms with E-state index >= 15 is 0 Å². The Kier molecular flexibility index (Phi) is 3.72. The number of hydrogen-bond donors (Lipinski definition) is 0. The Morgan fingerprint density at radius 1 is 1.38 bits per heavy atom. The molecule has 1 rings (SSSR count). The highest BCUT2D eigenvalue weighted by atomic mass is 127. The number of aldehydes is 1. The summed E-state index contributed by atoms with van der Waals surface area (Å²) in [6, 6.07) is 2.40. The van der Waals surface area contributed by atoms with Gasteiger partial charge in [0.1, 0.15) is 0 Å². The van der Waals surface area contributed by atoms with Crippen molar-refractivity contribution in [2.45, 2.75) is 13.1 Å². The number of Topliss-reactive ketones (excluding diaryl/α,β-unsaturated/α-hetero) is 1. The molecule has 0 bridgehead atoms. The molecule has 0 aromatic heterocycles. The topological polar surface area (TPSA) is 34.1 Å². The number of benzene rings is 1. The average Bonchev–Trinajstić information content (AvgIpc) is 2.15. The lowest BCUT2D eigenvalue weighted by Gasteiger charge is -2.14. The van der Waals surface area contributed by atoms with E-state index in [2.05, 4.69) is 0 Å². The molecule has 2 nitrogen and oxygen atoms in total. The maximum absolute atomic E-state index is 12.7. The third kappa shape index (κ3) is 2.42. The first-order valence-corrected chi connectivity index (χ1v) is 5.22. The molecule has 0 N–H and O–H groups in total. The third-order valence-electron chi connectivity index (χ3n) is 1.97. The van der Waals surface area contributed by atoms with Gasteiger partial charge in [0.25, 0.3) is 0 Å². The normalized spacial score (nSPS) is 11.3. The molecule has 0 aliphatic heterocycles. The quantitative estimate of drug-likeness (QED) is 0.469. The fourth-order valence-corrected chi connectivity index (χ4v) is 1.88. The Hall–Kier alpha value is -0.920. The van der Waals surface area contributed by atoms with Crippen LogP contribution in [-0.4, -0.2) is 12.1 Å². The molecular weight excluding hydrogens is 336 g/mol. The lowest BCUT2D eigenvalue weighted by molar-refractivity contribution is -0.138. The van der Waals surface area contributed by atoms with Crippen LogP contribution >= 0.6 is 22.6 Å². The molecule has 0 aliphatic carbocycles. The number of rotatable bonds is 2. The molecule has 86 valence electrons. The average molecular weight is 342 g/mol. The van der Waals surface area contributed by atoms with Crippen LogP contribution in [0.1, 0.15) is 33.2 Å². The Bertz CT molecular complexity index is 452. The van der Waals surface area contributed by atoms with Gasteiger partial charge in [-0.3, -0.25) is 9.59 Å². The first-order valence-electron chi connectivity index (χ1n) is 4.15. The highest BCUT2D eigenvalue weighted by Gasteiger charge is 2.37. The van der Waals surface area contributed by atoms with Gasteiger partial charge in [-0.25, -0.2) is 0 Å². The number of ketones is 1. The predicted molar refractivity (Wildman–Crippen MR) is 59.6 cm³/mol. The Balaban J connectivity index is 3.67. The van der Waals surface area contributed by atoms with Crippen LogP contribution in [0.3, 0.4) is 0 Å². The molecule has 0 unspecified atom stereocenters. The van der Waals surface area contributed by atoms with E-state index in [4.69, 9.17) is 0 Å². The van der Waals surface area contributed by atoms with Gasteiger partial charge in [0.15, 0.2) is 12.1 Å². The number of alkyl halides is 3. The van der Waals surface area contributed by atoms with Gasteiger partial charge in [-0.2, -0.15) is 13.2 Å². The molecule has 0 atom stereocenters. The van der Waals surface area contributed by atoms with Gasteiger partial charge in [0, 0.05) is 14.7 Å². The molecule has 0 fully saturated rings. The van der Waals surface area contributed by atoms with Crippen LogP contribution in [0.2, 0.25) is 0 Å². The maximum atomic E-state index is 12.7. The van der Waals surface area contributed by atoms with Gasteiger partial charge < -0.3 is 0 Å². The summed E-state index contributed by atoms with van der Waals surface area (Å²) in [7, 11) is 0. The van der Waals surface area contributed by atoms with Gasteiger partial charge in [0.2, 0.25) is 0 Å². The molecule has 0 saturated heterocycles. The van der Waals surface area contributed by atoms with E-state index in [-0.39, 0.29) is 9.86 Å². The zero-order valence-electron chi connectivity index (χ0n) is 8.06. The van der Waals surface area contributed by atoms with E-state index in [1.165, 1.54) is 6.07 Å². The maximum Gasteiger partial charge on any atom is 0.417 e. The first-order chi connectivity index (χ1) is 7.29. The predicted octanol–water partition coefficient (Wildman–Crippen LogP) is 3.33. The van der Waals surface area contributed by atoms with Crippen molar-refractivity contribution in [1.29, 1.82) is 0 Å². The van der Waals surface area contributed by atoms with Crippen molar-refractivity contribution in [2.75, 3.05) is 0 Å². The minimum absolute atomic E-state index is 0.122. The van der Waals surface area contributed by atoms with Crippen LogP contribution in [0.15, 0.2) is 12.1 Å². The smallest absolute Gasteiger partial charge is 0.298 e. The molecule has 1 aromatic rings. The van der Waals surface area contributed by atoms with Crippen molar-refractivity contribution in [3.63, 3.8) is 0 Å². The van der Waals surface area contributed by atoms with E-state index in [9.17, 15) is 22.8 Å². The molecule has 0 aliphatic rings. The summed E-state index contributed by atoms with van der Waals surface area (Å²) >= 11 is 1.62. The van der Waals surface area contributed by atoms with Crippen LogP contribution in [-0.2, 0) is 6.18 Å². The van der Waals surface area contributed by atoms with Crippen molar-refractivity contribution < 1.29 is 22.8 Å². The lowest BCUT2D eigenvalue weighted by Crippen LogP contribution is -2.16. The fourth-order valence-electron chi connectivity index (χ4n) is 1.31. The number of hydrogen-bond acceptors (Lipinski definition) is 2. The highest BCUT2D eigenvalue weighted by molar-refractivity contribution is 14.1. The molecule has 16 heavy (non-hydrogen) atoms. The van der Waals surface area contributed by atoms with Crippen molar-refractivity contribution in [3.05, 3.63) is 32.4 Å². The van der Waals surface area contributed by atoms with Gasteiger partial charge in [0.05, 0.1) is 5.56 Å².